The van der Waals surface area contributed by atoms with Gasteiger partial charge >= 0.3 is 0 Å². The molecule has 2 N–H and O–H groups in total. The number of rotatable bonds is 2. The molecule has 1 aliphatic heterocycles. The number of piperazine rings is 1. The van der Waals surface area contributed by atoms with E-state index in [1.165, 1.54) is 37.1 Å². The van der Waals surface area contributed by atoms with Gasteiger partial charge in [-0.3, -0.25) is 0 Å². The molecule has 2 fully saturated rings. The van der Waals surface area contributed by atoms with Crippen LogP contribution in [-0.4, -0.2) is 36.1 Å². The first-order valence-corrected chi connectivity index (χ1v) is 6.87. The fraction of sp³-hybridized carbons (Fsp3) is 0.769. The molecule has 0 radical (unpaired) electrons. The number of imidazole rings is 1. The normalized spacial score (nSPS) is 22.3. The van der Waals surface area contributed by atoms with Crippen molar-refractivity contribution >= 4 is 5.95 Å². The molecule has 4 nitrogen and oxygen atoms in total. The van der Waals surface area contributed by atoms with E-state index in [-0.39, 0.29) is 0 Å². The van der Waals surface area contributed by atoms with Gasteiger partial charge in [0.15, 0.2) is 0 Å². The molecule has 1 saturated heterocycles. The fourth-order valence-corrected chi connectivity index (χ4v) is 3.08. The second kappa shape index (κ2) is 4.69. The van der Waals surface area contributed by atoms with E-state index in [4.69, 9.17) is 4.98 Å². The summed E-state index contributed by atoms with van der Waals surface area (Å²) < 4.78 is 0. The van der Waals surface area contributed by atoms with Crippen LogP contribution in [0.25, 0.3) is 0 Å². The molecule has 0 aromatic carbocycles. The van der Waals surface area contributed by atoms with Crippen LogP contribution in [0, 0.1) is 6.92 Å². The number of aryl methyl sites for hydroxylation is 1. The lowest BCUT2D eigenvalue weighted by molar-refractivity contribution is 0.580. The summed E-state index contributed by atoms with van der Waals surface area (Å²) in [6.45, 7) is 6.44. The number of anilines is 1. The van der Waals surface area contributed by atoms with E-state index in [2.05, 4.69) is 22.1 Å². The van der Waals surface area contributed by atoms with Gasteiger partial charge in [0.25, 0.3) is 0 Å². The van der Waals surface area contributed by atoms with Crippen LogP contribution >= 0.6 is 0 Å². The summed E-state index contributed by atoms with van der Waals surface area (Å²) in [5.74, 6) is 1.80. The van der Waals surface area contributed by atoms with E-state index in [1.807, 2.05) is 0 Å². The number of nitrogens with one attached hydrogen (secondary N) is 2. The molecule has 2 heterocycles. The average Bonchev–Trinajstić information content (AvgIpc) is 2.99. The van der Waals surface area contributed by atoms with Crippen LogP contribution in [0.1, 0.15) is 43.0 Å². The number of aromatic amines is 1. The largest absolute Gasteiger partial charge is 0.340 e. The number of hydrogen-bond donors (Lipinski definition) is 2. The van der Waals surface area contributed by atoms with Crippen LogP contribution in [0.15, 0.2) is 0 Å². The van der Waals surface area contributed by atoms with E-state index >= 15 is 0 Å². The average molecular weight is 234 g/mol. The molecule has 17 heavy (non-hydrogen) atoms. The molecule has 1 aromatic heterocycles. The summed E-state index contributed by atoms with van der Waals surface area (Å²) in [6, 6.07) is 0. The zero-order valence-electron chi connectivity index (χ0n) is 10.6. The number of nitrogens with zero attached hydrogens (tertiary/aromatic N) is 2. The molecule has 1 aliphatic carbocycles. The van der Waals surface area contributed by atoms with Crippen LogP contribution in [0.4, 0.5) is 5.95 Å². The van der Waals surface area contributed by atoms with Crippen molar-refractivity contribution in [1.82, 2.24) is 15.3 Å². The minimum absolute atomic E-state index is 0.711. The van der Waals surface area contributed by atoms with Gasteiger partial charge in [0.05, 0.1) is 5.69 Å². The molecule has 3 rings (SSSR count). The highest BCUT2D eigenvalue weighted by molar-refractivity contribution is 5.36. The maximum absolute atomic E-state index is 4.86. The Labute approximate surface area is 103 Å². The Morgan fingerprint density at radius 3 is 2.59 bits per heavy atom. The molecule has 1 saturated carbocycles. The Kier molecular flexibility index (Phi) is 3.05. The van der Waals surface area contributed by atoms with Crippen LogP contribution in [0.5, 0.6) is 0 Å². The first-order valence-electron chi connectivity index (χ1n) is 6.87. The molecular weight excluding hydrogens is 212 g/mol. The molecule has 0 bridgehead atoms. The fourth-order valence-electron chi connectivity index (χ4n) is 3.08. The highest BCUT2D eigenvalue weighted by atomic mass is 15.3. The van der Waals surface area contributed by atoms with Crippen LogP contribution in [0.2, 0.25) is 0 Å². The Morgan fingerprint density at radius 2 is 1.88 bits per heavy atom. The van der Waals surface area contributed by atoms with Crippen molar-refractivity contribution in [3.63, 3.8) is 0 Å². The summed E-state index contributed by atoms with van der Waals surface area (Å²) in [5, 5.41) is 3.38. The van der Waals surface area contributed by atoms with Crippen molar-refractivity contribution < 1.29 is 0 Å². The second-order valence-corrected chi connectivity index (χ2v) is 5.29. The number of H-pyrrole nitrogens is 1. The smallest absolute Gasteiger partial charge is 0.203 e. The quantitative estimate of drug-likeness (QED) is 0.820. The summed E-state index contributed by atoms with van der Waals surface area (Å²) in [6.07, 6.45) is 5.40. The van der Waals surface area contributed by atoms with Crippen LogP contribution in [-0.2, 0) is 0 Å². The molecule has 0 unspecified atom stereocenters. The van der Waals surface area contributed by atoms with Gasteiger partial charge in [-0.1, -0.05) is 12.8 Å². The van der Waals surface area contributed by atoms with Gasteiger partial charge in [-0.25, -0.2) is 4.98 Å². The molecule has 0 spiro atoms. The van der Waals surface area contributed by atoms with Crippen LogP contribution < -0.4 is 10.2 Å². The summed E-state index contributed by atoms with van der Waals surface area (Å²) in [5.41, 5.74) is 2.61. The zero-order chi connectivity index (χ0) is 11.7. The highest BCUT2D eigenvalue weighted by Gasteiger charge is 2.23. The monoisotopic (exact) mass is 234 g/mol. The Bertz CT molecular complexity index is 373. The molecule has 4 heteroatoms. The third-order valence-electron chi connectivity index (χ3n) is 4.07. The molecule has 0 amide bonds. The number of hydrogen-bond acceptors (Lipinski definition) is 3. The molecular formula is C13H22N4. The van der Waals surface area contributed by atoms with Gasteiger partial charge in [-0.05, 0) is 19.8 Å². The summed E-state index contributed by atoms with van der Waals surface area (Å²) >= 11 is 0. The van der Waals surface area contributed by atoms with E-state index in [0.29, 0.717) is 5.92 Å². The maximum atomic E-state index is 4.86. The number of aromatic nitrogens is 2. The van der Waals surface area contributed by atoms with Gasteiger partial charge in [-0.2, -0.15) is 0 Å². The molecule has 2 aliphatic rings. The van der Waals surface area contributed by atoms with E-state index < -0.39 is 0 Å². The standard InChI is InChI=1S/C13H22N4/c1-10-12(11-4-2-3-5-11)16-13(15-10)17-8-6-14-7-9-17/h11,14H,2-9H2,1H3,(H,15,16). The lowest BCUT2D eigenvalue weighted by Gasteiger charge is -2.26. The molecule has 1 aromatic rings. The van der Waals surface area contributed by atoms with Gasteiger partial charge in [0.2, 0.25) is 5.95 Å². The van der Waals surface area contributed by atoms with E-state index in [1.54, 1.807) is 0 Å². The third-order valence-corrected chi connectivity index (χ3v) is 4.07. The SMILES string of the molecule is Cc1[nH]c(N2CCNCC2)nc1C1CCCC1. The van der Waals surface area contributed by atoms with Crippen molar-refractivity contribution in [1.29, 1.82) is 0 Å². The summed E-state index contributed by atoms with van der Waals surface area (Å²) in [4.78, 5) is 10.7. The van der Waals surface area contributed by atoms with E-state index in [9.17, 15) is 0 Å². The first kappa shape index (κ1) is 11.1. The van der Waals surface area contributed by atoms with Gasteiger partial charge in [0.1, 0.15) is 0 Å². The lowest BCUT2D eigenvalue weighted by atomic mass is 10.0. The predicted molar refractivity (Wildman–Crippen MR) is 69.6 cm³/mol. The summed E-state index contributed by atoms with van der Waals surface area (Å²) in [7, 11) is 0. The van der Waals surface area contributed by atoms with E-state index in [0.717, 1.165) is 32.1 Å². The van der Waals surface area contributed by atoms with Gasteiger partial charge in [0, 0.05) is 37.8 Å². The lowest BCUT2D eigenvalue weighted by Crippen LogP contribution is -2.44. The van der Waals surface area contributed by atoms with Crippen molar-refractivity contribution in [2.24, 2.45) is 0 Å². The van der Waals surface area contributed by atoms with Crippen molar-refractivity contribution in [2.75, 3.05) is 31.1 Å². The van der Waals surface area contributed by atoms with Gasteiger partial charge in [-0.15, -0.1) is 0 Å². The predicted octanol–water partition coefficient (Wildman–Crippen LogP) is 1.79. The minimum atomic E-state index is 0.711. The van der Waals surface area contributed by atoms with Crippen molar-refractivity contribution in [3.05, 3.63) is 11.4 Å². The Balaban J connectivity index is 1.79. The second-order valence-electron chi connectivity index (χ2n) is 5.29. The first-order chi connectivity index (χ1) is 8.34. The van der Waals surface area contributed by atoms with Crippen molar-refractivity contribution in [3.8, 4) is 0 Å². The van der Waals surface area contributed by atoms with Gasteiger partial charge < -0.3 is 15.2 Å². The van der Waals surface area contributed by atoms with Crippen LogP contribution in [0.3, 0.4) is 0 Å². The molecule has 94 valence electrons. The third kappa shape index (κ3) is 2.18. The zero-order valence-corrected chi connectivity index (χ0v) is 10.6. The van der Waals surface area contributed by atoms with Crippen molar-refractivity contribution in [2.45, 2.75) is 38.5 Å². The minimum Gasteiger partial charge on any atom is -0.340 e. The Hall–Kier alpha value is -1.03. The maximum Gasteiger partial charge on any atom is 0.203 e. The topological polar surface area (TPSA) is 44.0 Å². The Morgan fingerprint density at radius 1 is 1.18 bits per heavy atom. The highest BCUT2D eigenvalue weighted by Crippen LogP contribution is 2.35. The molecule has 0 atom stereocenters.